The van der Waals surface area contributed by atoms with Gasteiger partial charge in [0.25, 0.3) is 0 Å². The summed E-state index contributed by atoms with van der Waals surface area (Å²) < 4.78 is 0. The average molecular weight is 180 g/mol. The topological polar surface area (TPSA) is 41.1 Å². The van der Waals surface area contributed by atoms with Gasteiger partial charge in [-0.1, -0.05) is 12.2 Å². The highest BCUT2D eigenvalue weighted by molar-refractivity contribution is 5.80. The van der Waals surface area contributed by atoms with Gasteiger partial charge in [0.1, 0.15) is 0 Å². The molecule has 1 amide bonds. The third-order valence-corrected chi connectivity index (χ3v) is 2.77. The van der Waals surface area contributed by atoms with Gasteiger partial charge in [0.15, 0.2) is 0 Å². The lowest BCUT2D eigenvalue weighted by Gasteiger charge is -2.28. The Morgan fingerprint density at radius 1 is 1.38 bits per heavy atom. The van der Waals surface area contributed by atoms with Gasteiger partial charge >= 0.3 is 0 Å². The van der Waals surface area contributed by atoms with E-state index in [1.54, 1.807) is 0 Å². The molecule has 2 aliphatic rings. The fourth-order valence-electron chi connectivity index (χ4n) is 1.72. The molecular weight excluding hydrogens is 164 g/mol. The third kappa shape index (κ3) is 2.10. The van der Waals surface area contributed by atoms with E-state index in [1.807, 2.05) is 0 Å². The molecule has 3 nitrogen and oxygen atoms in total. The monoisotopic (exact) mass is 180 g/mol. The smallest absolute Gasteiger partial charge is 0.225 e. The highest BCUT2D eigenvalue weighted by Crippen LogP contribution is 2.12. The largest absolute Gasteiger partial charge is 0.353 e. The second-order valence-corrected chi connectivity index (χ2v) is 3.85. The first-order chi connectivity index (χ1) is 6.36. The van der Waals surface area contributed by atoms with E-state index in [4.69, 9.17) is 0 Å². The highest BCUT2D eigenvalue weighted by atomic mass is 16.2. The Labute approximate surface area is 78.6 Å². The van der Waals surface area contributed by atoms with Crippen molar-refractivity contribution in [3.8, 4) is 0 Å². The number of hydrogen-bond acceptors (Lipinski definition) is 2. The molecule has 0 radical (unpaired) electrons. The number of nitrogens with one attached hydrogen (secondary N) is 2. The van der Waals surface area contributed by atoms with Crippen LogP contribution in [0.4, 0.5) is 0 Å². The number of carbonyl (C=O) groups excluding carboxylic acids is 1. The van der Waals surface area contributed by atoms with E-state index in [-0.39, 0.29) is 11.8 Å². The molecule has 1 unspecified atom stereocenters. The van der Waals surface area contributed by atoms with Gasteiger partial charge in [0.2, 0.25) is 5.91 Å². The maximum absolute atomic E-state index is 11.5. The van der Waals surface area contributed by atoms with Crippen molar-refractivity contribution in [3.63, 3.8) is 0 Å². The first-order valence-electron chi connectivity index (χ1n) is 5.02. The maximum atomic E-state index is 11.5. The summed E-state index contributed by atoms with van der Waals surface area (Å²) in [5.41, 5.74) is 0. The van der Waals surface area contributed by atoms with Crippen molar-refractivity contribution in [3.05, 3.63) is 12.2 Å². The number of rotatable bonds is 2. The van der Waals surface area contributed by atoms with Gasteiger partial charge in [-0.15, -0.1) is 0 Å². The minimum absolute atomic E-state index is 0.228. The van der Waals surface area contributed by atoms with E-state index >= 15 is 0 Å². The van der Waals surface area contributed by atoms with Crippen molar-refractivity contribution in [2.24, 2.45) is 5.92 Å². The molecule has 72 valence electrons. The summed E-state index contributed by atoms with van der Waals surface area (Å²) in [6.45, 7) is 1.71. The number of carbonyl (C=O) groups is 1. The zero-order valence-electron chi connectivity index (χ0n) is 7.75. The fourth-order valence-corrected chi connectivity index (χ4v) is 1.72. The average Bonchev–Trinajstić information content (AvgIpc) is 2.02. The van der Waals surface area contributed by atoms with E-state index in [9.17, 15) is 4.79 Å². The molecule has 0 spiro atoms. The minimum Gasteiger partial charge on any atom is -0.353 e. The molecule has 1 fully saturated rings. The Bertz CT molecular complexity index is 221. The van der Waals surface area contributed by atoms with Gasteiger partial charge in [-0.3, -0.25) is 4.79 Å². The molecule has 0 aromatic heterocycles. The Kier molecular flexibility index (Phi) is 2.64. The summed E-state index contributed by atoms with van der Waals surface area (Å²) in [6.07, 6.45) is 7.56. The van der Waals surface area contributed by atoms with E-state index < -0.39 is 0 Å². The number of hydrogen-bond donors (Lipinski definition) is 2. The molecule has 1 aliphatic heterocycles. The van der Waals surface area contributed by atoms with E-state index in [2.05, 4.69) is 22.8 Å². The molecule has 2 N–H and O–H groups in total. The molecule has 1 saturated heterocycles. The van der Waals surface area contributed by atoms with Crippen molar-refractivity contribution in [2.75, 3.05) is 13.1 Å². The molecule has 2 rings (SSSR count). The van der Waals surface area contributed by atoms with Crippen LogP contribution >= 0.6 is 0 Å². The second-order valence-electron chi connectivity index (χ2n) is 3.85. The van der Waals surface area contributed by atoms with Gasteiger partial charge in [0, 0.05) is 19.1 Å². The number of amides is 1. The van der Waals surface area contributed by atoms with Gasteiger partial charge < -0.3 is 10.6 Å². The molecule has 0 aromatic rings. The lowest BCUT2D eigenvalue weighted by Crippen LogP contribution is -2.52. The van der Waals surface area contributed by atoms with Crippen LogP contribution in [-0.2, 0) is 4.79 Å². The van der Waals surface area contributed by atoms with Crippen LogP contribution in [0.25, 0.3) is 0 Å². The summed E-state index contributed by atoms with van der Waals surface area (Å²) >= 11 is 0. The fraction of sp³-hybridized carbons (Fsp3) is 0.700. The van der Waals surface area contributed by atoms with Crippen LogP contribution in [-0.4, -0.2) is 25.0 Å². The van der Waals surface area contributed by atoms with Crippen LogP contribution in [0.2, 0.25) is 0 Å². The first kappa shape index (κ1) is 8.75. The van der Waals surface area contributed by atoms with Crippen LogP contribution in [0.3, 0.4) is 0 Å². The van der Waals surface area contributed by atoms with Crippen LogP contribution in [0, 0.1) is 5.92 Å². The van der Waals surface area contributed by atoms with Crippen LogP contribution < -0.4 is 10.6 Å². The lowest BCUT2D eigenvalue weighted by molar-refractivity contribution is -0.127. The zero-order chi connectivity index (χ0) is 9.10. The molecule has 0 bridgehead atoms. The summed E-state index contributed by atoms with van der Waals surface area (Å²) in [7, 11) is 0. The van der Waals surface area contributed by atoms with Gasteiger partial charge in [0.05, 0.1) is 5.92 Å². The van der Waals surface area contributed by atoms with Gasteiger partial charge in [-0.2, -0.15) is 0 Å². The number of allylic oxidation sites excluding steroid dienone is 1. The van der Waals surface area contributed by atoms with Crippen LogP contribution in [0.15, 0.2) is 12.2 Å². The van der Waals surface area contributed by atoms with Crippen LogP contribution in [0.1, 0.15) is 19.3 Å². The molecule has 13 heavy (non-hydrogen) atoms. The van der Waals surface area contributed by atoms with Crippen molar-refractivity contribution < 1.29 is 4.79 Å². The van der Waals surface area contributed by atoms with Gasteiger partial charge in [-0.05, 0) is 19.3 Å². The Hall–Kier alpha value is -0.830. The Morgan fingerprint density at radius 2 is 2.23 bits per heavy atom. The van der Waals surface area contributed by atoms with E-state index in [0.717, 1.165) is 32.4 Å². The lowest BCUT2D eigenvalue weighted by atomic mass is 9.98. The van der Waals surface area contributed by atoms with Crippen molar-refractivity contribution >= 4 is 5.91 Å². The quantitative estimate of drug-likeness (QED) is 0.605. The molecule has 1 aliphatic carbocycles. The second kappa shape index (κ2) is 3.92. The molecule has 1 atom stereocenters. The third-order valence-electron chi connectivity index (χ3n) is 2.77. The summed E-state index contributed by atoms with van der Waals surface area (Å²) in [5.74, 6) is 0.463. The molecular formula is C10H16N2O. The molecule has 0 aromatic carbocycles. The standard InChI is InChI=1S/C10H16N2O/c13-10(8-6-11-7-8)12-9-4-2-1-3-5-9/h1-2,8-9,11H,3-7H2,(H,12,13). The molecule has 3 heteroatoms. The summed E-state index contributed by atoms with van der Waals surface area (Å²) in [5, 5.41) is 6.20. The van der Waals surface area contributed by atoms with Gasteiger partial charge in [-0.25, -0.2) is 0 Å². The normalized spacial score (nSPS) is 28.2. The zero-order valence-corrected chi connectivity index (χ0v) is 7.75. The Morgan fingerprint density at radius 3 is 2.77 bits per heavy atom. The van der Waals surface area contributed by atoms with E-state index in [0.29, 0.717) is 6.04 Å². The molecule has 1 heterocycles. The maximum Gasteiger partial charge on any atom is 0.225 e. The summed E-state index contributed by atoms with van der Waals surface area (Å²) in [4.78, 5) is 11.5. The highest BCUT2D eigenvalue weighted by Gasteiger charge is 2.26. The van der Waals surface area contributed by atoms with Crippen molar-refractivity contribution in [1.29, 1.82) is 0 Å². The predicted molar refractivity (Wildman–Crippen MR) is 51.3 cm³/mol. The Balaban J connectivity index is 1.76. The van der Waals surface area contributed by atoms with Crippen molar-refractivity contribution in [2.45, 2.75) is 25.3 Å². The first-order valence-corrected chi connectivity index (χ1v) is 5.02. The summed E-state index contributed by atoms with van der Waals surface area (Å²) in [6, 6.07) is 0.387. The van der Waals surface area contributed by atoms with Crippen molar-refractivity contribution in [1.82, 2.24) is 10.6 Å². The van der Waals surface area contributed by atoms with E-state index in [1.165, 1.54) is 0 Å². The van der Waals surface area contributed by atoms with Crippen LogP contribution in [0.5, 0.6) is 0 Å². The SMILES string of the molecule is O=C(NC1CC=CCC1)C1CNC1. The predicted octanol–water partition coefficient (Wildman–Crippen LogP) is 0.431. The molecule has 0 saturated carbocycles. The minimum atomic E-state index is 0.228.